The second-order valence-electron chi connectivity index (χ2n) is 15.3. The number of rotatable bonds is 24. The summed E-state index contributed by atoms with van der Waals surface area (Å²) in [6, 6.07) is 0.406. The first-order chi connectivity index (χ1) is 28.5. The van der Waals surface area contributed by atoms with Crippen molar-refractivity contribution in [1.29, 1.82) is 0 Å². The van der Waals surface area contributed by atoms with Gasteiger partial charge in [0.15, 0.2) is 5.96 Å². The van der Waals surface area contributed by atoms with Crippen molar-refractivity contribution in [2.75, 3.05) is 26.2 Å². The summed E-state index contributed by atoms with van der Waals surface area (Å²) in [6.45, 7) is 5.00. The van der Waals surface area contributed by atoms with E-state index in [-0.39, 0.29) is 51.3 Å². The van der Waals surface area contributed by atoms with Gasteiger partial charge in [-0.25, -0.2) is 0 Å². The van der Waals surface area contributed by atoms with Crippen LogP contribution in [0.5, 0.6) is 0 Å². The van der Waals surface area contributed by atoms with E-state index in [2.05, 4.69) is 36.6 Å². The second-order valence-corrected chi connectivity index (χ2v) is 15.3. The number of aromatic nitrogens is 1. The van der Waals surface area contributed by atoms with Gasteiger partial charge in [0, 0.05) is 36.6 Å². The van der Waals surface area contributed by atoms with E-state index in [1.807, 2.05) is 24.3 Å². The molecule has 2 heterocycles. The van der Waals surface area contributed by atoms with Crippen molar-refractivity contribution < 1.29 is 38.7 Å². The molecule has 0 saturated carbocycles. The van der Waals surface area contributed by atoms with Gasteiger partial charge in [0.05, 0.1) is 12.6 Å². The molecule has 7 amide bonds. The second kappa shape index (κ2) is 23.7. The van der Waals surface area contributed by atoms with Gasteiger partial charge in [0.2, 0.25) is 41.4 Å². The Hall–Kier alpha value is -5.80. The molecule has 1 saturated heterocycles. The third-order valence-corrected chi connectivity index (χ3v) is 10.2. The van der Waals surface area contributed by atoms with Crippen LogP contribution in [0.3, 0.4) is 0 Å². The third-order valence-electron chi connectivity index (χ3n) is 10.2. The molecule has 60 heavy (non-hydrogen) atoms. The lowest BCUT2D eigenvalue weighted by Crippen LogP contribution is -2.61. The number of guanidine groups is 1. The van der Waals surface area contributed by atoms with Crippen LogP contribution in [0.15, 0.2) is 35.5 Å². The van der Waals surface area contributed by atoms with Gasteiger partial charge in [-0.2, -0.15) is 0 Å². The molecule has 1 aliphatic rings. The molecule has 0 radical (unpaired) electrons. The summed E-state index contributed by atoms with van der Waals surface area (Å²) in [5.74, 6) is -5.44. The fraction of sp³-hybridized carbons (Fsp3) is 0.590. The van der Waals surface area contributed by atoms with E-state index in [1.54, 1.807) is 20.0 Å². The molecular formula is C39H63N13O8. The lowest BCUT2D eigenvalue weighted by atomic mass is 10.00. The van der Waals surface area contributed by atoms with Gasteiger partial charge in [0.1, 0.15) is 36.3 Å². The minimum Gasteiger partial charge on any atom is -0.391 e. The number of hydrogen-bond acceptors (Lipinski definition) is 11. The van der Waals surface area contributed by atoms with Crippen LogP contribution in [0, 0.1) is 5.92 Å². The highest BCUT2D eigenvalue weighted by Gasteiger charge is 2.40. The number of carbonyl (C=O) groups is 7. The van der Waals surface area contributed by atoms with E-state index in [4.69, 9.17) is 28.7 Å². The summed E-state index contributed by atoms with van der Waals surface area (Å²) < 4.78 is 0. The lowest BCUT2D eigenvalue weighted by Gasteiger charge is -2.31. The Bertz CT molecular complexity index is 1830. The quantitative estimate of drug-likeness (QED) is 0.0282. The maximum absolute atomic E-state index is 14.6. The van der Waals surface area contributed by atoms with Gasteiger partial charge in [0.25, 0.3) is 0 Å². The topological polar surface area (TPSA) is 361 Å². The van der Waals surface area contributed by atoms with Gasteiger partial charge < -0.3 is 70.2 Å². The number of likely N-dealkylation sites (tertiary alicyclic amines) is 1. The summed E-state index contributed by atoms with van der Waals surface area (Å²) in [5.41, 5.74) is 28.9. The highest BCUT2D eigenvalue weighted by atomic mass is 16.3. The SMILES string of the molecule is CC(C)[C@H](NC(=O)[C@@H]1CCCN1C(=O)[C@H](Cc1c[nH]c2ccccc12)NC(=O)[C@H](CCCN=C(N)N)NC(=O)CN)C(=O)N[C@@H](CCCCN)C(=O)N[C@H](C(N)=O)[C@@H](C)O. The number of carbonyl (C=O) groups excluding carboxylic acids is 7. The number of amides is 7. The van der Waals surface area contributed by atoms with Gasteiger partial charge in [-0.05, 0) is 76.0 Å². The van der Waals surface area contributed by atoms with Crippen LogP contribution in [-0.2, 0) is 40.0 Å². The van der Waals surface area contributed by atoms with Crippen molar-refractivity contribution in [3.05, 3.63) is 36.0 Å². The third kappa shape index (κ3) is 14.2. The Morgan fingerprint density at radius 1 is 0.833 bits per heavy atom. The number of aromatic amines is 1. The lowest BCUT2D eigenvalue weighted by molar-refractivity contribution is -0.142. The van der Waals surface area contributed by atoms with Gasteiger partial charge in [-0.15, -0.1) is 0 Å². The summed E-state index contributed by atoms with van der Waals surface area (Å²) >= 11 is 0. The number of nitrogens with zero attached hydrogens (tertiary/aromatic N) is 2. The molecule has 0 bridgehead atoms. The van der Waals surface area contributed by atoms with Crippen LogP contribution in [0.4, 0.5) is 0 Å². The van der Waals surface area contributed by atoms with E-state index in [0.717, 1.165) is 16.5 Å². The van der Waals surface area contributed by atoms with Crippen LogP contribution in [0.2, 0.25) is 0 Å². The number of nitrogens with one attached hydrogen (secondary N) is 6. The highest BCUT2D eigenvalue weighted by molar-refractivity contribution is 5.98. The molecule has 0 unspecified atom stereocenters. The van der Waals surface area contributed by atoms with Crippen molar-refractivity contribution >= 4 is 58.2 Å². The van der Waals surface area contributed by atoms with Gasteiger partial charge in [-0.3, -0.25) is 38.6 Å². The standard InChI is InChI=1S/C39H63N13O8/c1-21(2)31(37(59)48-27(12-6-7-15-40)35(57)51-32(22(3)53)33(42)55)50-36(58)29-14-9-17-52(29)38(60)28(18-23-20-46-25-11-5-4-10-24(23)25)49-34(56)26(47-30(54)19-41)13-8-16-45-39(43)44/h4-5,10-11,20-22,26-29,31-32,46,53H,6-9,12-19,40-41H2,1-3H3,(H2,42,55)(H,47,54)(H,48,59)(H,49,56)(H,50,58)(H,51,57)(H4,43,44,45)/t22-,26+,27+,28+,29+,31+,32+/m1/s1. The Morgan fingerprint density at radius 3 is 2.12 bits per heavy atom. The van der Waals surface area contributed by atoms with E-state index in [9.17, 15) is 38.7 Å². The van der Waals surface area contributed by atoms with Crippen LogP contribution >= 0.6 is 0 Å². The Balaban J connectivity index is 1.87. The van der Waals surface area contributed by atoms with Crippen LogP contribution in [0.25, 0.3) is 10.9 Å². The number of aliphatic hydroxyl groups is 1. The molecule has 21 nitrogen and oxygen atoms in total. The zero-order valence-electron chi connectivity index (χ0n) is 34.6. The number of aliphatic hydroxyl groups excluding tert-OH is 1. The summed E-state index contributed by atoms with van der Waals surface area (Å²) in [7, 11) is 0. The number of para-hydroxylation sites is 1. The molecular weight excluding hydrogens is 779 g/mol. The predicted molar refractivity (Wildman–Crippen MR) is 224 cm³/mol. The molecule has 1 aliphatic heterocycles. The molecule has 332 valence electrons. The number of nitrogens with two attached hydrogens (primary N) is 5. The molecule has 21 heteroatoms. The number of unbranched alkanes of at least 4 members (excludes halogenated alkanes) is 1. The molecule has 1 fully saturated rings. The normalized spacial score (nSPS) is 16.8. The number of primary amides is 1. The van der Waals surface area contributed by atoms with Crippen molar-refractivity contribution in [3.8, 4) is 0 Å². The molecule has 17 N–H and O–H groups in total. The minimum atomic E-state index is -1.41. The van der Waals surface area contributed by atoms with Crippen molar-refractivity contribution in [1.82, 2.24) is 36.5 Å². The fourth-order valence-corrected chi connectivity index (χ4v) is 7.01. The summed E-state index contributed by atoms with van der Waals surface area (Å²) in [4.78, 5) is 102. The van der Waals surface area contributed by atoms with Crippen molar-refractivity contribution in [2.24, 2.45) is 39.6 Å². The van der Waals surface area contributed by atoms with Crippen LogP contribution < -0.4 is 55.3 Å². The largest absolute Gasteiger partial charge is 0.391 e. The average Bonchev–Trinajstić information content (AvgIpc) is 3.86. The van der Waals surface area contributed by atoms with Crippen LogP contribution in [0.1, 0.15) is 71.3 Å². The number of hydrogen-bond donors (Lipinski definition) is 12. The fourth-order valence-electron chi connectivity index (χ4n) is 7.01. The number of fused-ring (bicyclic) bond motifs is 1. The molecule has 2 aromatic rings. The van der Waals surface area contributed by atoms with E-state index in [0.29, 0.717) is 32.2 Å². The maximum Gasteiger partial charge on any atom is 0.246 e. The summed E-state index contributed by atoms with van der Waals surface area (Å²) in [5, 5.41) is 24.1. The summed E-state index contributed by atoms with van der Waals surface area (Å²) in [6.07, 6.45) is 2.73. The van der Waals surface area contributed by atoms with Gasteiger partial charge in [-0.1, -0.05) is 32.0 Å². The molecule has 1 aromatic carbocycles. The number of aliphatic imine (C=N–C) groups is 1. The zero-order valence-corrected chi connectivity index (χ0v) is 34.6. The number of H-pyrrole nitrogens is 1. The Labute approximate surface area is 349 Å². The first-order valence-electron chi connectivity index (χ1n) is 20.3. The smallest absolute Gasteiger partial charge is 0.246 e. The van der Waals surface area contributed by atoms with Crippen LogP contribution in [-0.4, -0.2) is 131 Å². The molecule has 7 atom stereocenters. The first kappa shape index (κ1) is 48.6. The van der Waals surface area contributed by atoms with E-state index >= 15 is 0 Å². The maximum atomic E-state index is 14.6. The Kier molecular flexibility index (Phi) is 19.2. The molecule has 3 rings (SSSR count). The van der Waals surface area contributed by atoms with E-state index in [1.165, 1.54) is 11.8 Å². The van der Waals surface area contributed by atoms with Crippen molar-refractivity contribution in [3.63, 3.8) is 0 Å². The monoisotopic (exact) mass is 841 g/mol. The average molecular weight is 842 g/mol. The van der Waals surface area contributed by atoms with Crippen molar-refractivity contribution in [2.45, 2.75) is 114 Å². The highest BCUT2D eigenvalue weighted by Crippen LogP contribution is 2.23. The zero-order chi connectivity index (χ0) is 44.5. The minimum absolute atomic E-state index is 0.0291. The molecule has 1 aromatic heterocycles. The molecule has 0 aliphatic carbocycles. The van der Waals surface area contributed by atoms with E-state index < -0.39 is 89.6 Å². The predicted octanol–water partition coefficient (Wildman–Crippen LogP) is -3.21. The number of benzene rings is 1. The Morgan fingerprint density at radius 2 is 1.48 bits per heavy atom. The first-order valence-corrected chi connectivity index (χ1v) is 20.3. The molecule has 0 spiro atoms. The van der Waals surface area contributed by atoms with Gasteiger partial charge >= 0.3 is 0 Å².